The van der Waals surface area contributed by atoms with Crippen molar-refractivity contribution in [1.29, 1.82) is 0 Å². The van der Waals surface area contributed by atoms with Crippen LogP contribution in [0, 0.1) is 0 Å². The van der Waals surface area contributed by atoms with Crippen molar-refractivity contribution >= 4 is 23.1 Å². The molecule has 8 nitrogen and oxygen atoms in total. The lowest BCUT2D eigenvalue weighted by molar-refractivity contribution is 0.312. The Morgan fingerprint density at radius 3 is 2.62 bits per heavy atom. The van der Waals surface area contributed by atoms with Crippen LogP contribution in [0.4, 0.5) is 5.82 Å². The van der Waals surface area contributed by atoms with Crippen LogP contribution in [0.3, 0.4) is 0 Å². The number of hydrogen-bond acceptors (Lipinski definition) is 7. The van der Waals surface area contributed by atoms with Crippen LogP contribution >= 0.6 is 11.6 Å². The summed E-state index contributed by atoms with van der Waals surface area (Å²) < 4.78 is 2.03. The average molecular weight is 449 g/mol. The van der Waals surface area contributed by atoms with E-state index in [1.165, 1.54) is 0 Å². The molecule has 4 heterocycles. The smallest absolute Gasteiger partial charge is 0.180 e. The summed E-state index contributed by atoms with van der Waals surface area (Å²) in [5.41, 5.74) is 9.05. The lowest BCUT2D eigenvalue weighted by Gasteiger charge is -2.33. The van der Waals surface area contributed by atoms with Crippen molar-refractivity contribution in [3.05, 3.63) is 71.5 Å². The summed E-state index contributed by atoms with van der Waals surface area (Å²) in [6.45, 7) is 5.75. The summed E-state index contributed by atoms with van der Waals surface area (Å²) in [6.07, 6.45) is 7.29. The number of rotatable bonds is 4. The van der Waals surface area contributed by atoms with Crippen molar-refractivity contribution in [2.24, 2.45) is 5.73 Å². The monoisotopic (exact) mass is 448 g/mol. The molecular weight excluding hydrogens is 424 g/mol. The molecule has 1 atom stereocenters. The highest BCUT2D eigenvalue weighted by molar-refractivity contribution is 6.30. The first-order valence-electron chi connectivity index (χ1n) is 10.6. The molecule has 1 aromatic carbocycles. The van der Waals surface area contributed by atoms with Gasteiger partial charge in [-0.25, -0.2) is 19.9 Å². The predicted molar refractivity (Wildman–Crippen MR) is 126 cm³/mol. The summed E-state index contributed by atoms with van der Waals surface area (Å²) >= 11 is 6.18. The lowest BCUT2D eigenvalue weighted by atomic mass is 9.92. The van der Waals surface area contributed by atoms with Crippen molar-refractivity contribution < 1.29 is 0 Å². The Morgan fingerprint density at radius 1 is 1.03 bits per heavy atom. The molecule has 4 aromatic rings. The van der Waals surface area contributed by atoms with E-state index in [4.69, 9.17) is 22.3 Å². The molecule has 1 saturated heterocycles. The number of nitrogens with two attached hydrogens (primary N) is 1. The van der Waals surface area contributed by atoms with Gasteiger partial charge < -0.3 is 15.5 Å². The third-order valence-electron chi connectivity index (χ3n) is 6.02. The topological polar surface area (TPSA) is 88.5 Å². The molecule has 1 fully saturated rings. The Kier molecular flexibility index (Phi) is 5.28. The van der Waals surface area contributed by atoms with Crippen LogP contribution in [0.15, 0.2) is 55.1 Å². The van der Waals surface area contributed by atoms with E-state index in [0.717, 1.165) is 54.6 Å². The highest BCUT2D eigenvalue weighted by Crippen LogP contribution is 2.29. The second-order valence-corrected chi connectivity index (χ2v) is 8.79. The number of nitrogens with zero attached hydrogens (tertiary/aromatic N) is 7. The molecule has 9 heteroatoms. The number of piperazine rings is 1. The van der Waals surface area contributed by atoms with Gasteiger partial charge in [-0.2, -0.15) is 0 Å². The van der Waals surface area contributed by atoms with Crippen LogP contribution in [0.2, 0.25) is 5.02 Å². The zero-order chi connectivity index (χ0) is 22.3. The van der Waals surface area contributed by atoms with Crippen LogP contribution in [-0.4, -0.2) is 62.5 Å². The maximum atomic E-state index is 6.67. The van der Waals surface area contributed by atoms with Gasteiger partial charge in [-0.3, -0.25) is 4.40 Å². The van der Waals surface area contributed by atoms with Crippen molar-refractivity contribution in [3.63, 3.8) is 0 Å². The summed E-state index contributed by atoms with van der Waals surface area (Å²) in [5, 5.41) is 0.626. The van der Waals surface area contributed by atoms with Gasteiger partial charge in [-0.05, 0) is 37.7 Å². The summed E-state index contributed by atoms with van der Waals surface area (Å²) in [4.78, 5) is 23.2. The van der Waals surface area contributed by atoms with Crippen molar-refractivity contribution in [2.45, 2.75) is 12.5 Å². The Bertz CT molecular complexity index is 1260. The minimum atomic E-state index is -0.895. The van der Waals surface area contributed by atoms with Crippen molar-refractivity contribution in [1.82, 2.24) is 29.2 Å². The van der Waals surface area contributed by atoms with Crippen LogP contribution in [0.25, 0.3) is 17.0 Å². The van der Waals surface area contributed by atoms with Gasteiger partial charge in [-0.15, -0.1) is 0 Å². The third-order valence-corrected chi connectivity index (χ3v) is 6.25. The number of aromatic nitrogens is 5. The standard InChI is InChI=1S/C23H25ClN8/c1-23(25,16-4-3-5-17(24)14-16)22-27-7-6-18(29-22)19-15-28-21-20(26-8-9-32(19)21)31-12-10-30(2)11-13-31/h3-9,14-15H,10-13,25H2,1-2H3. The number of halogens is 1. The Hall–Kier alpha value is -3.07. The molecule has 3 aromatic heterocycles. The summed E-state index contributed by atoms with van der Waals surface area (Å²) in [5.74, 6) is 1.41. The van der Waals surface area contributed by atoms with Crippen LogP contribution in [0.5, 0.6) is 0 Å². The molecule has 0 saturated carbocycles. The van der Waals surface area contributed by atoms with E-state index >= 15 is 0 Å². The predicted octanol–water partition coefficient (Wildman–Crippen LogP) is 2.81. The highest BCUT2D eigenvalue weighted by Gasteiger charge is 2.28. The molecule has 0 radical (unpaired) electrons. The molecule has 32 heavy (non-hydrogen) atoms. The first-order valence-corrected chi connectivity index (χ1v) is 11.0. The van der Waals surface area contributed by atoms with E-state index in [-0.39, 0.29) is 0 Å². The number of hydrogen-bond donors (Lipinski definition) is 1. The fourth-order valence-corrected chi connectivity index (χ4v) is 4.22. The first kappa shape index (κ1) is 20.8. The molecule has 1 unspecified atom stereocenters. The zero-order valence-corrected chi connectivity index (χ0v) is 18.9. The zero-order valence-electron chi connectivity index (χ0n) is 18.1. The lowest BCUT2D eigenvalue weighted by Crippen LogP contribution is -2.45. The van der Waals surface area contributed by atoms with Crippen LogP contribution in [0.1, 0.15) is 18.3 Å². The fraction of sp³-hybridized carbons (Fsp3) is 0.304. The van der Waals surface area contributed by atoms with Crippen LogP contribution in [-0.2, 0) is 5.54 Å². The molecule has 5 rings (SSSR count). The number of imidazole rings is 1. The summed E-state index contributed by atoms with van der Waals surface area (Å²) in [6, 6.07) is 9.35. The van der Waals surface area contributed by atoms with Gasteiger partial charge >= 0.3 is 0 Å². The van der Waals surface area contributed by atoms with E-state index in [0.29, 0.717) is 10.8 Å². The molecule has 0 spiro atoms. The van der Waals surface area contributed by atoms with Gasteiger partial charge in [0, 0.05) is 49.8 Å². The normalized spacial score (nSPS) is 16.9. The van der Waals surface area contributed by atoms with Crippen molar-refractivity contribution in [2.75, 3.05) is 38.1 Å². The van der Waals surface area contributed by atoms with Gasteiger partial charge in [0.05, 0.1) is 23.1 Å². The number of benzene rings is 1. The molecule has 2 N–H and O–H groups in total. The minimum Gasteiger partial charge on any atom is -0.351 e. The SMILES string of the molecule is CN1CCN(c2nccn3c(-c4ccnc(C(C)(N)c5cccc(Cl)c5)n4)cnc23)CC1. The van der Waals surface area contributed by atoms with Gasteiger partial charge in [0.2, 0.25) is 0 Å². The van der Waals surface area contributed by atoms with Crippen molar-refractivity contribution in [3.8, 4) is 11.4 Å². The van der Waals surface area contributed by atoms with E-state index in [2.05, 4.69) is 31.8 Å². The summed E-state index contributed by atoms with van der Waals surface area (Å²) in [7, 11) is 2.14. The molecule has 1 aliphatic rings. The van der Waals surface area contributed by atoms with Gasteiger partial charge in [-0.1, -0.05) is 23.7 Å². The van der Waals surface area contributed by atoms with E-state index in [9.17, 15) is 0 Å². The third kappa shape index (κ3) is 3.70. The van der Waals surface area contributed by atoms with Gasteiger partial charge in [0.1, 0.15) is 0 Å². The molecule has 0 bridgehead atoms. The molecular formula is C23H25ClN8. The number of anilines is 1. The van der Waals surface area contributed by atoms with E-state index in [1.54, 1.807) is 6.20 Å². The first-order chi connectivity index (χ1) is 15.4. The molecule has 164 valence electrons. The second kappa shape index (κ2) is 8.12. The van der Waals surface area contributed by atoms with Gasteiger partial charge in [0.25, 0.3) is 0 Å². The Labute approximate surface area is 191 Å². The number of fused-ring (bicyclic) bond motifs is 1. The Balaban J connectivity index is 1.53. The van der Waals surface area contributed by atoms with E-state index < -0.39 is 5.54 Å². The maximum Gasteiger partial charge on any atom is 0.180 e. The second-order valence-electron chi connectivity index (χ2n) is 8.36. The van der Waals surface area contributed by atoms with E-state index in [1.807, 2.05) is 60.2 Å². The maximum absolute atomic E-state index is 6.67. The van der Waals surface area contributed by atoms with Crippen LogP contribution < -0.4 is 10.6 Å². The average Bonchev–Trinajstić information content (AvgIpc) is 3.24. The Morgan fingerprint density at radius 2 is 1.84 bits per heavy atom. The minimum absolute atomic E-state index is 0.514. The van der Waals surface area contributed by atoms with Gasteiger partial charge in [0.15, 0.2) is 17.3 Å². The molecule has 0 amide bonds. The quantitative estimate of drug-likeness (QED) is 0.513. The largest absolute Gasteiger partial charge is 0.351 e. The number of likely N-dealkylation sites (N-methyl/N-ethyl adjacent to an activating group) is 1. The molecule has 0 aliphatic carbocycles. The molecule has 1 aliphatic heterocycles. The fourth-order valence-electron chi connectivity index (χ4n) is 4.03. The highest BCUT2D eigenvalue weighted by atomic mass is 35.5.